The average molecular weight is 532 g/mol. The number of hydrogen-bond acceptors (Lipinski definition) is 4. The summed E-state index contributed by atoms with van der Waals surface area (Å²) in [5.41, 5.74) is 2.53. The third-order valence-electron chi connectivity index (χ3n) is 6.84. The lowest BCUT2D eigenvalue weighted by atomic mass is 9.93. The summed E-state index contributed by atoms with van der Waals surface area (Å²) < 4.78 is 5.45. The summed E-state index contributed by atoms with van der Waals surface area (Å²) in [4.78, 5) is 41.9. The van der Waals surface area contributed by atoms with Gasteiger partial charge in [0.05, 0.1) is 0 Å². The molecule has 7 nitrogen and oxygen atoms in total. The standard InChI is InChI=1S/C32H41N3O4/c1-7-35(30(37)27(21-24-14-10-8-11-15-24)34-31(38)39-32(4,5)6)28(26-20-22(2)18-19-23(26)3)29(36)33-25-16-12-9-13-17-25/h1,8,10-11,14-15,18-20,25,27-28H,9,12-13,16-17,21H2,2-6H3,(H,33,36)(H,34,38). The number of carbonyl (C=O) groups is 3. The van der Waals surface area contributed by atoms with Crippen LogP contribution in [-0.4, -0.2) is 40.5 Å². The highest BCUT2D eigenvalue weighted by Gasteiger charge is 2.37. The number of alkyl carbamates (subject to hydrolysis) is 1. The Hall–Kier alpha value is -3.79. The van der Waals surface area contributed by atoms with Gasteiger partial charge in [0.25, 0.3) is 5.91 Å². The Balaban J connectivity index is 1.99. The largest absolute Gasteiger partial charge is 0.444 e. The lowest BCUT2D eigenvalue weighted by Gasteiger charge is -2.33. The van der Waals surface area contributed by atoms with E-state index in [1.54, 1.807) is 20.8 Å². The zero-order valence-corrected chi connectivity index (χ0v) is 23.8. The summed E-state index contributed by atoms with van der Waals surface area (Å²) in [6, 6.07) is 15.5. The second-order valence-electron chi connectivity index (χ2n) is 11.3. The maximum Gasteiger partial charge on any atom is 0.408 e. The second-order valence-corrected chi connectivity index (χ2v) is 11.3. The van der Waals surface area contributed by atoms with E-state index >= 15 is 0 Å². The molecule has 0 aliphatic heterocycles. The topological polar surface area (TPSA) is 87.7 Å². The molecular formula is C32H41N3O4. The van der Waals surface area contributed by atoms with Gasteiger partial charge in [0, 0.05) is 18.5 Å². The van der Waals surface area contributed by atoms with Gasteiger partial charge in [-0.3, -0.25) is 14.5 Å². The van der Waals surface area contributed by atoms with Gasteiger partial charge in [-0.2, -0.15) is 0 Å². The van der Waals surface area contributed by atoms with Gasteiger partial charge in [0.15, 0.2) is 0 Å². The van der Waals surface area contributed by atoms with Crippen LogP contribution in [0.3, 0.4) is 0 Å². The summed E-state index contributed by atoms with van der Waals surface area (Å²) >= 11 is 0. The predicted octanol–water partition coefficient (Wildman–Crippen LogP) is 5.35. The van der Waals surface area contributed by atoms with Crippen LogP contribution in [0.15, 0.2) is 48.5 Å². The van der Waals surface area contributed by atoms with Crippen molar-refractivity contribution >= 4 is 17.9 Å². The molecule has 1 fully saturated rings. The summed E-state index contributed by atoms with van der Waals surface area (Å²) in [7, 11) is 0. The molecule has 0 bridgehead atoms. The van der Waals surface area contributed by atoms with Crippen LogP contribution in [0.25, 0.3) is 0 Å². The van der Waals surface area contributed by atoms with Crippen molar-refractivity contribution in [2.75, 3.05) is 0 Å². The maximum atomic E-state index is 14.1. The molecule has 1 saturated carbocycles. The molecule has 39 heavy (non-hydrogen) atoms. The molecule has 1 aliphatic rings. The molecule has 0 aromatic heterocycles. The molecule has 2 atom stereocenters. The number of amides is 3. The van der Waals surface area contributed by atoms with Crippen molar-refractivity contribution in [3.05, 3.63) is 70.8 Å². The summed E-state index contributed by atoms with van der Waals surface area (Å²) in [6.45, 7) is 9.08. The highest BCUT2D eigenvalue weighted by atomic mass is 16.6. The van der Waals surface area contributed by atoms with Crippen LogP contribution in [0.2, 0.25) is 0 Å². The SMILES string of the molecule is C#CN(C(=O)C(Cc1ccccc1)NC(=O)OC(C)(C)C)C(C(=O)NC1CCCCC1)c1cc(C)ccc1C. The Morgan fingerprint density at radius 3 is 2.33 bits per heavy atom. The van der Waals surface area contributed by atoms with E-state index in [4.69, 9.17) is 11.2 Å². The van der Waals surface area contributed by atoms with E-state index in [1.807, 2.05) is 62.4 Å². The van der Waals surface area contributed by atoms with Gasteiger partial charge in [0.1, 0.15) is 17.7 Å². The van der Waals surface area contributed by atoms with Crippen molar-refractivity contribution in [3.8, 4) is 12.5 Å². The molecule has 0 spiro atoms. The Morgan fingerprint density at radius 1 is 1.05 bits per heavy atom. The maximum absolute atomic E-state index is 14.1. The third kappa shape index (κ3) is 8.61. The van der Waals surface area contributed by atoms with Crippen LogP contribution in [0, 0.1) is 26.3 Å². The minimum Gasteiger partial charge on any atom is -0.444 e. The van der Waals surface area contributed by atoms with Crippen LogP contribution >= 0.6 is 0 Å². The minimum atomic E-state index is -1.05. The van der Waals surface area contributed by atoms with E-state index in [-0.39, 0.29) is 18.4 Å². The Bertz CT molecular complexity index is 1190. The van der Waals surface area contributed by atoms with Gasteiger partial charge in [-0.15, -0.1) is 0 Å². The molecule has 208 valence electrons. The highest BCUT2D eigenvalue weighted by Crippen LogP contribution is 2.28. The summed E-state index contributed by atoms with van der Waals surface area (Å²) in [6.07, 6.45) is 10.5. The van der Waals surface area contributed by atoms with Gasteiger partial charge < -0.3 is 15.4 Å². The molecule has 1 aliphatic carbocycles. The third-order valence-corrected chi connectivity index (χ3v) is 6.84. The first-order valence-corrected chi connectivity index (χ1v) is 13.7. The molecule has 2 aromatic carbocycles. The van der Waals surface area contributed by atoms with Crippen molar-refractivity contribution in [1.29, 1.82) is 0 Å². The average Bonchev–Trinajstić information content (AvgIpc) is 2.88. The Kier molecular flexibility index (Phi) is 10.2. The fourth-order valence-corrected chi connectivity index (χ4v) is 4.91. The zero-order valence-electron chi connectivity index (χ0n) is 23.8. The van der Waals surface area contributed by atoms with Gasteiger partial charge in [-0.1, -0.05) is 79.8 Å². The number of carbonyl (C=O) groups excluding carboxylic acids is 3. The van der Waals surface area contributed by atoms with Crippen molar-refractivity contribution in [2.24, 2.45) is 0 Å². The molecule has 2 aromatic rings. The van der Waals surface area contributed by atoms with Gasteiger partial charge in [0.2, 0.25) is 5.91 Å². The molecule has 2 unspecified atom stereocenters. The fraction of sp³-hybridized carbons (Fsp3) is 0.469. The first-order chi connectivity index (χ1) is 18.5. The quantitative estimate of drug-likeness (QED) is 0.355. The van der Waals surface area contributed by atoms with E-state index in [1.165, 1.54) is 0 Å². The number of ether oxygens (including phenoxy) is 1. The minimum absolute atomic E-state index is 0.0357. The Morgan fingerprint density at radius 2 is 1.72 bits per heavy atom. The lowest BCUT2D eigenvalue weighted by molar-refractivity contribution is -0.139. The van der Waals surface area contributed by atoms with Crippen LogP contribution in [-0.2, 0) is 20.7 Å². The van der Waals surface area contributed by atoms with E-state index in [0.29, 0.717) is 5.56 Å². The van der Waals surface area contributed by atoms with E-state index in [0.717, 1.165) is 53.7 Å². The van der Waals surface area contributed by atoms with Crippen molar-refractivity contribution in [1.82, 2.24) is 15.5 Å². The van der Waals surface area contributed by atoms with E-state index in [9.17, 15) is 14.4 Å². The first kappa shape index (κ1) is 29.8. The fourth-order valence-electron chi connectivity index (χ4n) is 4.91. The van der Waals surface area contributed by atoms with Crippen molar-refractivity contribution in [2.45, 2.75) is 96.9 Å². The summed E-state index contributed by atoms with van der Waals surface area (Å²) in [5, 5.41) is 5.86. The van der Waals surface area contributed by atoms with Crippen LogP contribution in [0.4, 0.5) is 4.79 Å². The van der Waals surface area contributed by atoms with Gasteiger partial charge in [-0.25, -0.2) is 4.79 Å². The normalized spacial score (nSPS) is 15.4. The Labute approximate surface area is 232 Å². The molecule has 2 N–H and O–H groups in total. The molecule has 7 heteroatoms. The second kappa shape index (κ2) is 13.3. The van der Waals surface area contributed by atoms with E-state index < -0.39 is 29.7 Å². The van der Waals surface area contributed by atoms with Gasteiger partial charge >= 0.3 is 6.09 Å². The summed E-state index contributed by atoms with van der Waals surface area (Å²) in [5.74, 6) is -0.880. The van der Waals surface area contributed by atoms with Crippen LogP contribution in [0.1, 0.15) is 81.2 Å². The molecule has 0 heterocycles. The molecule has 0 radical (unpaired) electrons. The first-order valence-electron chi connectivity index (χ1n) is 13.7. The molecular weight excluding hydrogens is 490 g/mol. The number of hydrogen-bond donors (Lipinski definition) is 2. The van der Waals surface area contributed by atoms with E-state index in [2.05, 4.69) is 16.7 Å². The molecule has 3 amide bonds. The van der Waals surface area contributed by atoms with Gasteiger partial charge in [-0.05, 0) is 64.2 Å². The van der Waals surface area contributed by atoms with Crippen molar-refractivity contribution < 1.29 is 19.1 Å². The number of nitrogens with one attached hydrogen (secondary N) is 2. The predicted molar refractivity (Wildman–Crippen MR) is 153 cm³/mol. The smallest absolute Gasteiger partial charge is 0.408 e. The lowest BCUT2D eigenvalue weighted by Crippen LogP contribution is -2.53. The molecule has 3 rings (SSSR count). The number of rotatable bonds is 8. The van der Waals surface area contributed by atoms with Crippen molar-refractivity contribution in [3.63, 3.8) is 0 Å². The van der Waals surface area contributed by atoms with Crippen LogP contribution in [0.5, 0.6) is 0 Å². The monoisotopic (exact) mass is 531 g/mol. The number of aryl methyl sites for hydroxylation is 2. The number of nitrogens with zero attached hydrogens (tertiary/aromatic N) is 1. The van der Waals surface area contributed by atoms with Crippen LogP contribution < -0.4 is 10.6 Å². The highest BCUT2D eigenvalue weighted by molar-refractivity contribution is 5.93. The molecule has 0 saturated heterocycles. The number of benzene rings is 2. The number of terminal acetylenes is 1. The zero-order chi connectivity index (χ0) is 28.6.